The average Bonchev–Trinajstić information content (AvgIpc) is 2.39. The number of fused-ring (bicyclic) bond motifs is 1. The van der Waals surface area contributed by atoms with Crippen LogP contribution in [0.1, 0.15) is 20.8 Å². The van der Waals surface area contributed by atoms with E-state index in [9.17, 15) is 0 Å². The summed E-state index contributed by atoms with van der Waals surface area (Å²) in [4.78, 5) is 0. The molecule has 2 rings (SSSR count). The largest absolute Gasteiger partial charge is 0.316 e. The van der Waals surface area contributed by atoms with E-state index < -0.39 is 0 Å². The molecule has 1 aliphatic heterocycles. The number of hydrogen-bond donors (Lipinski definition) is 2. The highest BCUT2D eigenvalue weighted by molar-refractivity contribution is 5.10. The van der Waals surface area contributed by atoms with Gasteiger partial charge in [-0.3, -0.25) is 0 Å². The van der Waals surface area contributed by atoms with E-state index in [0.717, 1.165) is 17.9 Å². The van der Waals surface area contributed by atoms with Gasteiger partial charge in [-0.05, 0) is 45.7 Å². The summed E-state index contributed by atoms with van der Waals surface area (Å²) in [5.41, 5.74) is 0.301. The fourth-order valence-corrected chi connectivity index (χ4v) is 2.13. The van der Waals surface area contributed by atoms with Crippen LogP contribution in [-0.2, 0) is 0 Å². The Morgan fingerprint density at radius 3 is 2.18 bits per heavy atom. The standard InChI is InChI=1S/C9H18N2/c1-9(2,3)11-8-6-4-10-5-7(6)8/h6-8,10-11H,4-5H2,1-3H3/t6-,7+,8+. The normalized spacial score (nSPS) is 42.3. The highest BCUT2D eigenvalue weighted by atomic mass is 15.1. The highest BCUT2D eigenvalue weighted by Gasteiger charge is 2.53. The highest BCUT2D eigenvalue weighted by Crippen LogP contribution is 2.42. The second kappa shape index (κ2) is 2.20. The molecule has 2 N–H and O–H groups in total. The molecule has 1 aliphatic carbocycles. The lowest BCUT2D eigenvalue weighted by atomic mass is 10.1. The second-order valence-corrected chi connectivity index (χ2v) is 4.91. The summed E-state index contributed by atoms with van der Waals surface area (Å²) in [7, 11) is 0. The molecule has 2 fully saturated rings. The maximum Gasteiger partial charge on any atom is 0.0160 e. The van der Waals surface area contributed by atoms with Gasteiger partial charge in [-0.25, -0.2) is 0 Å². The fraction of sp³-hybridized carbons (Fsp3) is 1.00. The Hall–Kier alpha value is -0.0800. The van der Waals surface area contributed by atoms with Crippen LogP contribution in [0.5, 0.6) is 0 Å². The molecule has 3 atom stereocenters. The van der Waals surface area contributed by atoms with Crippen LogP contribution >= 0.6 is 0 Å². The molecule has 1 heterocycles. The van der Waals surface area contributed by atoms with Gasteiger partial charge in [-0.1, -0.05) is 0 Å². The van der Waals surface area contributed by atoms with Crippen molar-refractivity contribution in [2.75, 3.05) is 13.1 Å². The minimum atomic E-state index is 0.301. The van der Waals surface area contributed by atoms with Crippen molar-refractivity contribution >= 4 is 0 Å². The minimum Gasteiger partial charge on any atom is -0.316 e. The van der Waals surface area contributed by atoms with Crippen LogP contribution < -0.4 is 10.6 Å². The van der Waals surface area contributed by atoms with E-state index in [1.807, 2.05) is 0 Å². The Morgan fingerprint density at radius 1 is 1.18 bits per heavy atom. The fourth-order valence-electron chi connectivity index (χ4n) is 2.13. The molecule has 1 saturated carbocycles. The minimum absolute atomic E-state index is 0.301. The van der Waals surface area contributed by atoms with Crippen LogP contribution in [0.4, 0.5) is 0 Å². The lowest BCUT2D eigenvalue weighted by Crippen LogP contribution is -2.41. The van der Waals surface area contributed by atoms with E-state index in [0.29, 0.717) is 5.54 Å². The monoisotopic (exact) mass is 154 g/mol. The van der Waals surface area contributed by atoms with Crippen molar-refractivity contribution in [2.45, 2.75) is 32.4 Å². The van der Waals surface area contributed by atoms with Crippen molar-refractivity contribution < 1.29 is 0 Å². The van der Waals surface area contributed by atoms with Gasteiger partial charge >= 0.3 is 0 Å². The molecule has 0 unspecified atom stereocenters. The molecule has 2 nitrogen and oxygen atoms in total. The zero-order valence-electron chi connectivity index (χ0n) is 7.65. The molecule has 0 aromatic carbocycles. The molecular weight excluding hydrogens is 136 g/mol. The van der Waals surface area contributed by atoms with Crippen molar-refractivity contribution in [1.29, 1.82) is 0 Å². The van der Waals surface area contributed by atoms with E-state index in [-0.39, 0.29) is 0 Å². The van der Waals surface area contributed by atoms with Gasteiger partial charge < -0.3 is 10.6 Å². The van der Waals surface area contributed by atoms with Crippen LogP contribution in [0.25, 0.3) is 0 Å². The zero-order chi connectivity index (χ0) is 8.06. The van der Waals surface area contributed by atoms with Crippen molar-refractivity contribution in [1.82, 2.24) is 10.6 Å². The molecule has 0 radical (unpaired) electrons. The van der Waals surface area contributed by atoms with Gasteiger partial charge in [0, 0.05) is 11.6 Å². The molecule has 11 heavy (non-hydrogen) atoms. The van der Waals surface area contributed by atoms with Gasteiger partial charge in [-0.15, -0.1) is 0 Å². The third-order valence-electron chi connectivity index (χ3n) is 2.69. The molecule has 2 heteroatoms. The summed E-state index contributed by atoms with van der Waals surface area (Å²) >= 11 is 0. The zero-order valence-corrected chi connectivity index (χ0v) is 7.65. The first-order valence-corrected chi connectivity index (χ1v) is 4.56. The van der Waals surface area contributed by atoms with E-state index in [4.69, 9.17) is 0 Å². The summed E-state index contributed by atoms with van der Waals surface area (Å²) in [6.45, 7) is 9.20. The third kappa shape index (κ3) is 1.42. The molecule has 0 spiro atoms. The molecular formula is C9H18N2. The summed E-state index contributed by atoms with van der Waals surface area (Å²) in [6.07, 6.45) is 0. The van der Waals surface area contributed by atoms with Crippen LogP contribution in [0, 0.1) is 11.8 Å². The van der Waals surface area contributed by atoms with Crippen molar-refractivity contribution in [3.63, 3.8) is 0 Å². The maximum absolute atomic E-state index is 3.66. The number of rotatable bonds is 1. The first-order valence-electron chi connectivity index (χ1n) is 4.56. The summed E-state index contributed by atoms with van der Waals surface area (Å²) in [5, 5.41) is 7.05. The molecule has 64 valence electrons. The van der Waals surface area contributed by atoms with Crippen LogP contribution in [-0.4, -0.2) is 24.7 Å². The Kier molecular flexibility index (Phi) is 1.52. The molecule has 0 aromatic heterocycles. The smallest absolute Gasteiger partial charge is 0.0160 e. The van der Waals surface area contributed by atoms with Gasteiger partial charge in [0.1, 0.15) is 0 Å². The van der Waals surface area contributed by atoms with Gasteiger partial charge in [0.05, 0.1) is 0 Å². The van der Waals surface area contributed by atoms with Crippen molar-refractivity contribution in [3.8, 4) is 0 Å². The number of piperidine rings is 1. The van der Waals surface area contributed by atoms with Gasteiger partial charge in [0.25, 0.3) is 0 Å². The number of hydrogen-bond acceptors (Lipinski definition) is 2. The number of nitrogens with one attached hydrogen (secondary N) is 2. The van der Waals surface area contributed by atoms with Gasteiger partial charge in [-0.2, -0.15) is 0 Å². The Morgan fingerprint density at radius 2 is 1.73 bits per heavy atom. The van der Waals surface area contributed by atoms with E-state index in [1.165, 1.54) is 13.1 Å². The first kappa shape index (κ1) is 7.56. The predicted octanol–water partition coefficient (Wildman–Crippen LogP) is 0.592. The van der Waals surface area contributed by atoms with Gasteiger partial charge in [0.2, 0.25) is 0 Å². The van der Waals surface area contributed by atoms with Gasteiger partial charge in [0.15, 0.2) is 0 Å². The molecule has 2 aliphatic rings. The van der Waals surface area contributed by atoms with Crippen molar-refractivity contribution in [2.24, 2.45) is 11.8 Å². The SMILES string of the molecule is CC(C)(C)N[C@H]1[C@@H]2CNC[C@@H]21. The van der Waals surface area contributed by atoms with Crippen LogP contribution in [0.3, 0.4) is 0 Å². The quantitative estimate of drug-likeness (QED) is 0.577. The molecule has 0 bridgehead atoms. The molecule has 0 amide bonds. The molecule has 0 aromatic rings. The van der Waals surface area contributed by atoms with E-state index in [2.05, 4.69) is 31.4 Å². The van der Waals surface area contributed by atoms with E-state index in [1.54, 1.807) is 0 Å². The Bertz CT molecular complexity index is 149. The van der Waals surface area contributed by atoms with Crippen LogP contribution in [0.2, 0.25) is 0 Å². The Labute approximate surface area is 68.7 Å². The molecule has 1 saturated heterocycles. The first-order chi connectivity index (χ1) is 5.08. The lowest BCUT2D eigenvalue weighted by Gasteiger charge is -2.22. The summed E-state index contributed by atoms with van der Waals surface area (Å²) in [6, 6.07) is 0.816. The summed E-state index contributed by atoms with van der Waals surface area (Å²) < 4.78 is 0. The third-order valence-corrected chi connectivity index (χ3v) is 2.69. The lowest BCUT2D eigenvalue weighted by molar-refractivity contribution is 0.393. The average molecular weight is 154 g/mol. The topological polar surface area (TPSA) is 24.1 Å². The maximum atomic E-state index is 3.66. The second-order valence-electron chi connectivity index (χ2n) is 4.91. The predicted molar refractivity (Wildman–Crippen MR) is 46.5 cm³/mol. The van der Waals surface area contributed by atoms with E-state index >= 15 is 0 Å². The van der Waals surface area contributed by atoms with Crippen molar-refractivity contribution in [3.05, 3.63) is 0 Å². The van der Waals surface area contributed by atoms with Crippen LogP contribution in [0.15, 0.2) is 0 Å². The summed E-state index contributed by atoms with van der Waals surface area (Å²) in [5.74, 6) is 1.88. The Balaban J connectivity index is 1.83.